The summed E-state index contributed by atoms with van der Waals surface area (Å²) in [5, 5.41) is 5.50. The molecule has 3 heterocycles. The molecule has 3 aliphatic rings. The van der Waals surface area contributed by atoms with Crippen LogP contribution in [0.15, 0.2) is 58.6 Å². The summed E-state index contributed by atoms with van der Waals surface area (Å²) in [4.78, 5) is 7.44. The largest absolute Gasteiger partial charge is 0.486 e. The number of amidine groups is 1. The minimum absolute atomic E-state index is 0.373. The van der Waals surface area contributed by atoms with Crippen LogP contribution >= 0.6 is 11.8 Å². The molecule has 0 saturated carbocycles. The fourth-order valence-corrected chi connectivity index (χ4v) is 4.81. The van der Waals surface area contributed by atoms with E-state index >= 15 is 0 Å². The molecule has 6 nitrogen and oxygen atoms in total. The zero-order chi connectivity index (χ0) is 20.2. The summed E-state index contributed by atoms with van der Waals surface area (Å²) in [5.74, 6) is 2.41. The second-order valence-electron chi connectivity index (χ2n) is 7.74. The van der Waals surface area contributed by atoms with Crippen LogP contribution in [0.3, 0.4) is 0 Å². The Morgan fingerprint density at radius 3 is 2.60 bits per heavy atom. The first kappa shape index (κ1) is 19.5. The molecule has 1 fully saturated rings. The van der Waals surface area contributed by atoms with Gasteiger partial charge in [0.2, 0.25) is 0 Å². The van der Waals surface area contributed by atoms with Gasteiger partial charge in [-0.25, -0.2) is 0 Å². The van der Waals surface area contributed by atoms with Gasteiger partial charge in [-0.2, -0.15) is 5.10 Å². The Balaban J connectivity index is 1.15. The number of thioether (sulfide) groups is 1. The fourth-order valence-electron chi connectivity index (χ4n) is 3.97. The van der Waals surface area contributed by atoms with Gasteiger partial charge >= 0.3 is 0 Å². The van der Waals surface area contributed by atoms with Crippen LogP contribution < -0.4 is 14.9 Å². The van der Waals surface area contributed by atoms with Gasteiger partial charge in [-0.05, 0) is 36.6 Å². The number of piperidine rings is 1. The number of hydrogen-bond donors (Lipinski definition) is 1. The number of hydrogen-bond acceptors (Lipinski definition) is 6. The van der Waals surface area contributed by atoms with E-state index in [1.165, 1.54) is 5.56 Å². The molecule has 3 aliphatic heterocycles. The molecule has 0 atom stereocenters. The number of likely N-dealkylation sites (tertiary alicyclic amines) is 1. The highest BCUT2D eigenvalue weighted by Gasteiger charge is 2.21. The Hall–Kier alpha value is -2.51. The first-order valence-electron chi connectivity index (χ1n) is 10.5. The van der Waals surface area contributed by atoms with E-state index in [1.54, 1.807) is 11.8 Å². The lowest BCUT2D eigenvalue weighted by molar-refractivity contribution is 0.171. The third-order valence-corrected chi connectivity index (χ3v) is 6.50. The van der Waals surface area contributed by atoms with Crippen molar-refractivity contribution < 1.29 is 9.47 Å². The molecular formula is C23H26N4O2S. The van der Waals surface area contributed by atoms with Crippen molar-refractivity contribution in [2.45, 2.75) is 25.4 Å². The number of nitrogens with zero attached hydrogens (tertiary/aromatic N) is 3. The molecule has 0 spiro atoms. The number of hydrazone groups is 1. The van der Waals surface area contributed by atoms with E-state index < -0.39 is 0 Å². The molecule has 7 heteroatoms. The van der Waals surface area contributed by atoms with Gasteiger partial charge in [-0.3, -0.25) is 15.3 Å². The average Bonchev–Trinajstić information content (AvgIpc) is 2.81. The Morgan fingerprint density at radius 2 is 1.83 bits per heavy atom. The summed E-state index contributed by atoms with van der Waals surface area (Å²) < 4.78 is 11.3. The topological polar surface area (TPSA) is 58.5 Å². The van der Waals surface area contributed by atoms with E-state index in [0.29, 0.717) is 19.3 Å². The van der Waals surface area contributed by atoms with Crippen LogP contribution in [-0.4, -0.2) is 53.9 Å². The molecule has 0 bridgehead atoms. The summed E-state index contributed by atoms with van der Waals surface area (Å²) in [5.41, 5.74) is 6.61. The molecule has 2 aromatic rings. The highest BCUT2D eigenvalue weighted by molar-refractivity contribution is 8.14. The molecule has 1 N–H and O–H groups in total. The maximum Gasteiger partial charge on any atom is 0.177 e. The van der Waals surface area contributed by atoms with Crippen molar-refractivity contribution in [1.29, 1.82) is 0 Å². The van der Waals surface area contributed by atoms with Crippen molar-refractivity contribution in [3.8, 4) is 11.5 Å². The van der Waals surface area contributed by atoms with Gasteiger partial charge in [-0.15, -0.1) is 0 Å². The van der Waals surface area contributed by atoms with E-state index in [9.17, 15) is 0 Å². The van der Waals surface area contributed by atoms with Gasteiger partial charge in [0, 0.05) is 31.0 Å². The van der Waals surface area contributed by atoms with Crippen molar-refractivity contribution >= 4 is 22.6 Å². The van der Waals surface area contributed by atoms with Gasteiger partial charge in [-0.1, -0.05) is 42.1 Å². The number of ether oxygens (including phenoxy) is 2. The Morgan fingerprint density at radius 1 is 1.03 bits per heavy atom. The van der Waals surface area contributed by atoms with Crippen LogP contribution in [0.2, 0.25) is 0 Å². The highest BCUT2D eigenvalue weighted by atomic mass is 32.2. The number of nitrogens with one attached hydrogen (secondary N) is 1. The Bertz CT molecular complexity index is 939. The maximum absolute atomic E-state index is 5.69. The number of fused-ring (bicyclic) bond motifs is 1. The normalized spacial score (nSPS) is 21.2. The van der Waals surface area contributed by atoms with Crippen molar-refractivity contribution in [1.82, 2.24) is 10.3 Å². The maximum atomic E-state index is 5.69. The lowest BCUT2D eigenvalue weighted by Crippen LogP contribution is -2.36. The van der Waals surface area contributed by atoms with Gasteiger partial charge in [0.15, 0.2) is 16.7 Å². The monoisotopic (exact) mass is 422 g/mol. The molecule has 0 radical (unpaired) electrons. The molecule has 0 amide bonds. The molecule has 0 unspecified atom stereocenters. The van der Waals surface area contributed by atoms with Crippen LogP contribution in [-0.2, 0) is 6.54 Å². The Kier molecular flexibility index (Phi) is 5.90. The van der Waals surface area contributed by atoms with E-state index in [2.05, 4.69) is 45.8 Å². The zero-order valence-corrected chi connectivity index (χ0v) is 17.7. The third-order valence-electron chi connectivity index (χ3n) is 5.61. The minimum Gasteiger partial charge on any atom is -0.486 e. The van der Waals surface area contributed by atoms with Crippen molar-refractivity contribution in [3.05, 3.63) is 59.7 Å². The summed E-state index contributed by atoms with van der Waals surface area (Å²) in [7, 11) is 0. The standard InChI is InChI=1S/C23H26N4O2S/c1-2-4-17(5-3-1)15-27-10-8-19(9-11-27)24-23-26-25-20(16-30-23)18-6-7-21-22(14-18)29-13-12-28-21/h1-7,14,19H,8-13,15-16H2,(H,24,26). The first-order chi connectivity index (χ1) is 14.8. The zero-order valence-electron chi connectivity index (χ0n) is 16.9. The fraction of sp³-hybridized carbons (Fsp3) is 0.391. The van der Waals surface area contributed by atoms with Gasteiger partial charge in [0.25, 0.3) is 0 Å². The van der Waals surface area contributed by atoms with Crippen LogP contribution in [0, 0.1) is 0 Å². The molecular weight excluding hydrogens is 396 g/mol. The smallest absolute Gasteiger partial charge is 0.177 e. The first-order valence-corrected chi connectivity index (χ1v) is 11.5. The van der Waals surface area contributed by atoms with Gasteiger partial charge < -0.3 is 9.47 Å². The lowest BCUT2D eigenvalue weighted by atomic mass is 10.0. The molecule has 0 aromatic heterocycles. The molecule has 2 aromatic carbocycles. The van der Waals surface area contributed by atoms with Crippen LogP contribution in [0.25, 0.3) is 0 Å². The lowest BCUT2D eigenvalue weighted by Gasteiger charge is -2.30. The molecule has 1 saturated heterocycles. The van der Waals surface area contributed by atoms with Crippen LogP contribution in [0.4, 0.5) is 0 Å². The van der Waals surface area contributed by atoms with Gasteiger partial charge in [0.05, 0.1) is 11.8 Å². The molecule has 0 aliphatic carbocycles. The molecule has 156 valence electrons. The average molecular weight is 423 g/mol. The van der Waals surface area contributed by atoms with Crippen LogP contribution in [0.5, 0.6) is 11.5 Å². The second-order valence-corrected chi connectivity index (χ2v) is 8.71. The summed E-state index contributed by atoms with van der Waals surface area (Å²) in [6, 6.07) is 17.1. The van der Waals surface area contributed by atoms with E-state index in [4.69, 9.17) is 14.5 Å². The number of benzene rings is 2. The minimum atomic E-state index is 0.373. The summed E-state index contributed by atoms with van der Waals surface area (Å²) in [6.45, 7) is 4.41. The third kappa shape index (κ3) is 4.63. The van der Waals surface area contributed by atoms with Crippen LogP contribution in [0.1, 0.15) is 24.0 Å². The molecule has 30 heavy (non-hydrogen) atoms. The predicted octanol–water partition coefficient (Wildman–Crippen LogP) is 3.52. The quantitative estimate of drug-likeness (QED) is 0.817. The Labute approximate surface area is 181 Å². The number of rotatable bonds is 4. The number of aliphatic imine (C=N–C) groups is 1. The highest BCUT2D eigenvalue weighted by Crippen LogP contribution is 2.31. The molecule has 5 rings (SSSR count). The predicted molar refractivity (Wildman–Crippen MR) is 122 cm³/mol. The van der Waals surface area contributed by atoms with Crippen molar-refractivity contribution in [2.24, 2.45) is 10.1 Å². The summed E-state index contributed by atoms with van der Waals surface area (Å²) in [6.07, 6.45) is 2.19. The second kappa shape index (κ2) is 9.10. The van der Waals surface area contributed by atoms with Crippen molar-refractivity contribution in [2.75, 3.05) is 32.1 Å². The summed E-state index contributed by atoms with van der Waals surface area (Å²) >= 11 is 1.72. The van der Waals surface area contributed by atoms with E-state index in [1.807, 2.05) is 18.2 Å². The van der Waals surface area contributed by atoms with E-state index in [0.717, 1.165) is 66.2 Å². The SMILES string of the molecule is c1ccc(CN2CCC(N=C3NN=C(c4ccc5c(c4)OCCO5)CS3)CC2)cc1. The van der Waals surface area contributed by atoms with Gasteiger partial charge in [0.1, 0.15) is 13.2 Å². The van der Waals surface area contributed by atoms with E-state index in [-0.39, 0.29) is 0 Å². The van der Waals surface area contributed by atoms with Crippen molar-refractivity contribution in [3.63, 3.8) is 0 Å².